The van der Waals surface area contributed by atoms with Crippen LogP contribution in [0.15, 0.2) is 0 Å². The fourth-order valence-corrected chi connectivity index (χ4v) is 2.20. The van der Waals surface area contributed by atoms with Gasteiger partial charge in [-0.15, -0.1) is 0 Å². The summed E-state index contributed by atoms with van der Waals surface area (Å²) in [6, 6.07) is 0.444. The molecule has 17 heavy (non-hydrogen) atoms. The first kappa shape index (κ1) is 16.9. The average molecular weight is 243 g/mol. The van der Waals surface area contributed by atoms with Crippen LogP contribution < -0.4 is 5.32 Å². The molecule has 0 spiro atoms. The molecule has 104 valence electrons. The van der Waals surface area contributed by atoms with Crippen molar-refractivity contribution in [1.82, 2.24) is 5.32 Å². The van der Waals surface area contributed by atoms with E-state index in [0.29, 0.717) is 6.04 Å². The smallest absolute Gasteiger partial charge is 0.0526 e. The molecule has 0 bridgehead atoms. The zero-order valence-electron chi connectivity index (χ0n) is 12.2. The van der Waals surface area contributed by atoms with Crippen LogP contribution in [0.5, 0.6) is 0 Å². The predicted molar refractivity (Wildman–Crippen MR) is 76.4 cm³/mol. The van der Waals surface area contributed by atoms with E-state index in [9.17, 15) is 5.11 Å². The lowest BCUT2D eigenvalue weighted by molar-refractivity contribution is 0.170. The van der Waals surface area contributed by atoms with Gasteiger partial charge in [0.2, 0.25) is 0 Å². The Morgan fingerprint density at radius 3 is 1.94 bits per heavy atom. The van der Waals surface area contributed by atoms with E-state index < -0.39 is 0 Å². The molecule has 2 nitrogen and oxygen atoms in total. The van der Waals surface area contributed by atoms with Gasteiger partial charge in [-0.2, -0.15) is 0 Å². The molecule has 0 radical (unpaired) electrons. The molecular weight excluding hydrogens is 210 g/mol. The minimum atomic E-state index is -0.184. The zero-order valence-corrected chi connectivity index (χ0v) is 12.2. The molecule has 0 saturated carbocycles. The van der Waals surface area contributed by atoms with Crippen molar-refractivity contribution in [2.75, 3.05) is 6.54 Å². The van der Waals surface area contributed by atoms with Crippen molar-refractivity contribution in [3.8, 4) is 0 Å². The van der Waals surface area contributed by atoms with E-state index in [1.54, 1.807) is 0 Å². The first-order valence-corrected chi connectivity index (χ1v) is 7.58. The van der Waals surface area contributed by atoms with Crippen LogP contribution in [-0.4, -0.2) is 23.8 Å². The Hall–Kier alpha value is -0.0800. The Balaban J connectivity index is 3.07. The van der Waals surface area contributed by atoms with E-state index in [4.69, 9.17) is 0 Å². The molecule has 0 heterocycles. The summed E-state index contributed by atoms with van der Waals surface area (Å²) in [7, 11) is 0. The third-order valence-electron chi connectivity index (χ3n) is 3.22. The van der Waals surface area contributed by atoms with Gasteiger partial charge in [-0.05, 0) is 33.2 Å². The summed E-state index contributed by atoms with van der Waals surface area (Å²) in [6.45, 7) is 7.37. The standard InChI is InChI=1S/C15H33NO/c1-4-5-6-7-8-9-10-11-12-16-14(2)13-15(3)17/h14-17H,4-13H2,1-3H3. The second kappa shape index (κ2) is 12.4. The molecule has 2 atom stereocenters. The Bertz CT molecular complexity index is 148. The highest BCUT2D eigenvalue weighted by Crippen LogP contribution is 2.08. The third-order valence-corrected chi connectivity index (χ3v) is 3.22. The first-order valence-electron chi connectivity index (χ1n) is 7.58. The lowest BCUT2D eigenvalue weighted by Crippen LogP contribution is -2.29. The van der Waals surface area contributed by atoms with Gasteiger partial charge in [-0.25, -0.2) is 0 Å². The molecule has 0 rings (SSSR count). The summed E-state index contributed by atoms with van der Waals surface area (Å²) in [5.74, 6) is 0. The normalized spacial score (nSPS) is 14.8. The number of rotatable bonds is 12. The fraction of sp³-hybridized carbons (Fsp3) is 1.00. The van der Waals surface area contributed by atoms with Crippen LogP contribution in [0.25, 0.3) is 0 Å². The summed E-state index contributed by atoms with van der Waals surface area (Å²) in [5, 5.41) is 12.7. The number of hydrogen-bond donors (Lipinski definition) is 2. The Morgan fingerprint density at radius 2 is 1.41 bits per heavy atom. The highest BCUT2D eigenvalue weighted by atomic mass is 16.3. The summed E-state index contributed by atoms with van der Waals surface area (Å²) >= 11 is 0. The van der Waals surface area contributed by atoms with Crippen LogP contribution in [0.4, 0.5) is 0 Å². The van der Waals surface area contributed by atoms with E-state index in [2.05, 4.69) is 19.2 Å². The van der Waals surface area contributed by atoms with Gasteiger partial charge in [0.05, 0.1) is 6.10 Å². The molecular formula is C15H33NO. The van der Waals surface area contributed by atoms with Crippen LogP contribution in [0.1, 0.15) is 78.6 Å². The van der Waals surface area contributed by atoms with E-state index in [0.717, 1.165) is 13.0 Å². The van der Waals surface area contributed by atoms with E-state index in [-0.39, 0.29) is 6.10 Å². The maximum atomic E-state index is 9.23. The molecule has 0 aromatic rings. The number of unbranched alkanes of at least 4 members (excludes halogenated alkanes) is 7. The summed E-state index contributed by atoms with van der Waals surface area (Å²) < 4.78 is 0. The Labute approximate surface area is 108 Å². The molecule has 0 aromatic heterocycles. The molecule has 2 N–H and O–H groups in total. The SMILES string of the molecule is CCCCCCCCCCNC(C)CC(C)O. The lowest BCUT2D eigenvalue weighted by Gasteiger charge is -2.15. The average Bonchev–Trinajstić information content (AvgIpc) is 2.26. The quantitative estimate of drug-likeness (QED) is 0.510. The van der Waals surface area contributed by atoms with Crippen molar-refractivity contribution < 1.29 is 5.11 Å². The number of aliphatic hydroxyl groups excluding tert-OH is 1. The van der Waals surface area contributed by atoms with Crippen LogP contribution in [0.2, 0.25) is 0 Å². The Morgan fingerprint density at radius 1 is 0.882 bits per heavy atom. The van der Waals surface area contributed by atoms with Gasteiger partial charge in [-0.3, -0.25) is 0 Å². The maximum Gasteiger partial charge on any atom is 0.0526 e. The van der Waals surface area contributed by atoms with Gasteiger partial charge in [0.15, 0.2) is 0 Å². The topological polar surface area (TPSA) is 32.3 Å². The second-order valence-corrected chi connectivity index (χ2v) is 5.41. The molecule has 0 aromatic carbocycles. The molecule has 0 aliphatic carbocycles. The van der Waals surface area contributed by atoms with Crippen LogP contribution >= 0.6 is 0 Å². The van der Waals surface area contributed by atoms with Crippen LogP contribution in [0, 0.1) is 0 Å². The molecule has 2 heteroatoms. The van der Waals surface area contributed by atoms with Crippen LogP contribution in [-0.2, 0) is 0 Å². The zero-order chi connectivity index (χ0) is 12.9. The Kier molecular flexibility index (Phi) is 12.3. The van der Waals surface area contributed by atoms with Crippen molar-refractivity contribution in [1.29, 1.82) is 0 Å². The number of nitrogens with one attached hydrogen (secondary N) is 1. The van der Waals surface area contributed by atoms with Crippen molar-refractivity contribution in [2.24, 2.45) is 0 Å². The largest absolute Gasteiger partial charge is 0.393 e. The summed E-state index contributed by atoms with van der Waals surface area (Å²) in [4.78, 5) is 0. The van der Waals surface area contributed by atoms with E-state index in [1.807, 2.05) is 6.92 Å². The fourth-order valence-electron chi connectivity index (χ4n) is 2.20. The van der Waals surface area contributed by atoms with Gasteiger partial charge in [0.1, 0.15) is 0 Å². The highest BCUT2D eigenvalue weighted by molar-refractivity contribution is 4.63. The maximum absolute atomic E-state index is 9.23. The molecule has 0 aliphatic rings. The van der Waals surface area contributed by atoms with Crippen molar-refractivity contribution in [3.05, 3.63) is 0 Å². The molecule has 2 unspecified atom stereocenters. The summed E-state index contributed by atoms with van der Waals surface area (Å²) in [6.07, 6.45) is 11.7. The predicted octanol–water partition coefficient (Wildman–Crippen LogP) is 3.88. The van der Waals surface area contributed by atoms with Gasteiger partial charge in [0, 0.05) is 6.04 Å². The monoisotopic (exact) mass is 243 g/mol. The highest BCUT2D eigenvalue weighted by Gasteiger charge is 2.04. The number of hydrogen-bond acceptors (Lipinski definition) is 2. The van der Waals surface area contributed by atoms with Gasteiger partial charge in [-0.1, -0.05) is 51.9 Å². The first-order chi connectivity index (χ1) is 8.16. The minimum absolute atomic E-state index is 0.184. The van der Waals surface area contributed by atoms with Gasteiger partial charge >= 0.3 is 0 Å². The van der Waals surface area contributed by atoms with E-state index in [1.165, 1.54) is 51.4 Å². The molecule has 0 aliphatic heterocycles. The van der Waals surface area contributed by atoms with Gasteiger partial charge in [0.25, 0.3) is 0 Å². The number of aliphatic hydroxyl groups is 1. The minimum Gasteiger partial charge on any atom is -0.393 e. The van der Waals surface area contributed by atoms with Crippen molar-refractivity contribution in [3.63, 3.8) is 0 Å². The lowest BCUT2D eigenvalue weighted by atomic mass is 10.1. The molecule has 0 amide bonds. The second-order valence-electron chi connectivity index (χ2n) is 5.41. The third kappa shape index (κ3) is 13.9. The van der Waals surface area contributed by atoms with Crippen molar-refractivity contribution >= 4 is 0 Å². The van der Waals surface area contributed by atoms with Crippen molar-refractivity contribution in [2.45, 2.75) is 90.7 Å². The van der Waals surface area contributed by atoms with E-state index >= 15 is 0 Å². The van der Waals surface area contributed by atoms with Gasteiger partial charge < -0.3 is 10.4 Å². The van der Waals surface area contributed by atoms with Crippen LogP contribution in [0.3, 0.4) is 0 Å². The molecule has 0 saturated heterocycles. The molecule has 0 fully saturated rings. The summed E-state index contributed by atoms with van der Waals surface area (Å²) in [5.41, 5.74) is 0.